The molecule has 0 spiro atoms. The van der Waals surface area contributed by atoms with Gasteiger partial charge < -0.3 is 9.47 Å². The maximum atomic E-state index is 12.9. The van der Waals surface area contributed by atoms with Crippen LogP contribution < -0.4 is 14.8 Å². The number of aromatic nitrogens is 1. The average Bonchev–Trinajstić information content (AvgIpc) is 3.48. The molecule has 1 atom stereocenters. The van der Waals surface area contributed by atoms with E-state index >= 15 is 0 Å². The fraction of sp³-hybridized carbons (Fsp3) is 0.304. The van der Waals surface area contributed by atoms with Crippen molar-refractivity contribution in [1.29, 1.82) is 0 Å². The van der Waals surface area contributed by atoms with Crippen LogP contribution in [0.25, 0.3) is 11.3 Å². The van der Waals surface area contributed by atoms with Crippen molar-refractivity contribution in [1.82, 2.24) is 9.29 Å². The molecule has 1 N–H and O–H groups in total. The van der Waals surface area contributed by atoms with E-state index in [1.54, 1.807) is 0 Å². The van der Waals surface area contributed by atoms with Crippen molar-refractivity contribution in [2.45, 2.75) is 24.7 Å². The molecule has 10 heteroatoms. The number of piperidine rings is 1. The first-order valence-corrected chi connectivity index (χ1v) is 13.0. The van der Waals surface area contributed by atoms with Crippen molar-refractivity contribution in [2.75, 3.05) is 25.2 Å². The largest absolute Gasteiger partial charge is 0.454 e. The molecule has 172 valence electrons. The lowest BCUT2D eigenvalue weighted by Crippen LogP contribution is -2.39. The van der Waals surface area contributed by atoms with Gasteiger partial charge in [0.05, 0.1) is 10.6 Å². The van der Waals surface area contributed by atoms with Gasteiger partial charge in [-0.05, 0) is 61.2 Å². The summed E-state index contributed by atoms with van der Waals surface area (Å²) in [5, 5.41) is 5.08. The Labute approximate surface area is 196 Å². The molecule has 3 aromatic rings. The van der Waals surface area contributed by atoms with Crippen molar-refractivity contribution < 1.29 is 22.7 Å². The highest BCUT2D eigenvalue weighted by Crippen LogP contribution is 2.36. The van der Waals surface area contributed by atoms with Gasteiger partial charge in [0.2, 0.25) is 16.8 Å². The Bertz CT molecular complexity index is 1290. The molecule has 33 heavy (non-hydrogen) atoms. The van der Waals surface area contributed by atoms with Gasteiger partial charge in [-0.2, -0.15) is 4.31 Å². The number of ether oxygens (including phenoxy) is 2. The van der Waals surface area contributed by atoms with Crippen LogP contribution in [-0.4, -0.2) is 43.5 Å². The monoisotopic (exact) mass is 485 g/mol. The third kappa shape index (κ3) is 4.46. The van der Waals surface area contributed by atoms with Crippen LogP contribution in [0.1, 0.15) is 30.1 Å². The van der Waals surface area contributed by atoms with E-state index in [2.05, 4.69) is 17.2 Å². The van der Waals surface area contributed by atoms with Gasteiger partial charge in [-0.3, -0.25) is 10.1 Å². The smallest absolute Gasteiger partial charge is 0.257 e. The van der Waals surface area contributed by atoms with Gasteiger partial charge in [0.25, 0.3) is 5.91 Å². The van der Waals surface area contributed by atoms with Crippen LogP contribution in [0.3, 0.4) is 0 Å². The van der Waals surface area contributed by atoms with Gasteiger partial charge in [0.1, 0.15) is 0 Å². The van der Waals surface area contributed by atoms with E-state index in [1.165, 1.54) is 39.9 Å². The summed E-state index contributed by atoms with van der Waals surface area (Å²) in [4.78, 5) is 17.4. The minimum Gasteiger partial charge on any atom is -0.454 e. The van der Waals surface area contributed by atoms with Crippen molar-refractivity contribution in [3.63, 3.8) is 0 Å². The van der Waals surface area contributed by atoms with Crippen LogP contribution in [0.4, 0.5) is 5.13 Å². The molecule has 0 aliphatic carbocycles. The Morgan fingerprint density at radius 1 is 1.15 bits per heavy atom. The second kappa shape index (κ2) is 8.77. The molecule has 0 radical (unpaired) electrons. The lowest BCUT2D eigenvalue weighted by Gasteiger charge is -2.30. The van der Waals surface area contributed by atoms with E-state index in [4.69, 9.17) is 9.47 Å². The van der Waals surface area contributed by atoms with Crippen LogP contribution in [0.5, 0.6) is 11.5 Å². The molecular weight excluding hydrogens is 462 g/mol. The first-order chi connectivity index (χ1) is 15.9. The number of fused-ring (bicyclic) bond motifs is 1. The number of hydrogen-bond donors (Lipinski definition) is 1. The number of nitrogens with one attached hydrogen (secondary N) is 1. The van der Waals surface area contributed by atoms with Gasteiger partial charge >= 0.3 is 0 Å². The van der Waals surface area contributed by atoms with Crippen LogP contribution in [0, 0.1) is 5.92 Å². The molecule has 1 saturated heterocycles. The number of nitrogens with zero attached hydrogens (tertiary/aromatic N) is 2. The lowest BCUT2D eigenvalue weighted by molar-refractivity contribution is 0.102. The van der Waals surface area contributed by atoms with E-state index in [9.17, 15) is 13.2 Å². The van der Waals surface area contributed by atoms with E-state index in [0.717, 1.165) is 18.4 Å². The summed E-state index contributed by atoms with van der Waals surface area (Å²) in [5.74, 6) is 1.36. The topological polar surface area (TPSA) is 97.8 Å². The zero-order chi connectivity index (χ0) is 23.0. The average molecular weight is 486 g/mol. The number of hydrogen-bond acceptors (Lipinski definition) is 7. The number of amides is 1. The third-order valence-corrected chi connectivity index (χ3v) is 8.40. The Hall–Kier alpha value is -2.95. The van der Waals surface area contributed by atoms with Crippen molar-refractivity contribution >= 4 is 32.4 Å². The summed E-state index contributed by atoms with van der Waals surface area (Å²) in [7, 11) is -3.56. The Balaban J connectivity index is 1.27. The van der Waals surface area contributed by atoms with Crippen LogP contribution in [0.2, 0.25) is 0 Å². The maximum Gasteiger partial charge on any atom is 0.257 e. The summed E-state index contributed by atoms with van der Waals surface area (Å²) in [5.41, 5.74) is 1.93. The number of benzene rings is 2. The molecule has 2 aromatic carbocycles. The molecule has 2 aliphatic heterocycles. The molecule has 5 rings (SSSR count). The number of anilines is 1. The second-order valence-electron chi connectivity index (χ2n) is 8.19. The van der Waals surface area contributed by atoms with Gasteiger partial charge in [0, 0.05) is 29.6 Å². The molecule has 0 saturated carbocycles. The van der Waals surface area contributed by atoms with Gasteiger partial charge in [-0.15, -0.1) is 11.3 Å². The Kier molecular flexibility index (Phi) is 5.81. The predicted molar refractivity (Wildman–Crippen MR) is 125 cm³/mol. The Morgan fingerprint density at radius 3 is 2.73 bits per heavy atom. The van der Waals surface area contributed by atoms with Crippen molar-refractivity contribution in [3.8, 4) is 22.8 Å². The molecule has 1 aromatic heterocycles. The minimum atomic E-state index is -3.56. The summed E-state index contributed by atoms with van der Waals surface area (Å²) in [6, 6.07) is 11.6. The molecule has 2 aliphatic rings. The molecule has 1 amide bonds. The number of carbonyl (C=O) groups excluding carboxylic acids is 1. The number of sulfonamides is 1. The van der Waals surface area contributed by atoms with Crippen LogP contribution in [0.15, 0.2) is 52.7 Å². The predicted octanol–water partition coefficient (Wildman–Crippen LogP) is 4.21. The zero-order valence-corrected chi connectivity index (χ0v) is 19.6. The standard InChI is InChI=1S/C23H23N3O5S2/c1-15-3-2-10-26(12-15)33(28,29)18-7-4-16(5-8-18)22(27)25-23-24-19(13-32-23)17-6-9-20-21(11-17)31-14-30-20/h4-9,11,13,15H,2-3,10,12,14H2,1H3,(H,24,25,27)/t15-/m1/s1. The molecule has 0 bridgehead atoms. The minimum absolute atomic E-state index is 0.201. The van der Waals surface area contributed by atoms with Crippen molar-refractivity contribution in [3.05, 3.63) is 53.4 Å². The second-order valence-corrected chi connectivity index (χ2v) is 11.0. The summed E-state index contributed by atoms with van der Waals surface area (Å²) in [6.45, 7) is 3.32. The van der Waals surface area contributed by atoms with E-state index in [0.29, 0.717) is 46.9 Å². The number of carbonyl (C=O) groups is 1. The zero-order valence-electron chi connectivity index (χ0n) is 18.0. The van der Waals surface area contributed by atoms with Gasteiger partial charge in [-0.25, -0.2) is 13.4 Å². The van der Waals surface area contributed by atoms with Crippen LogP contribution in [-0.2, 0) is 10.0 Å². The fourth-order valence-corrected chi connectivity index (χ4v) is 6.29. The summed E-state index contributed by atoms with van der Waals surface area (Å²) < 4.78 is 38.1. The molecule has 1 fully saturated rings. The summed E-state index contributed by atoms with van der Waals surface area (Å²) >= 11 is 1.31. The van der Waals surface area contributed by atoms with Crippen molar-refractivity contribution in [2.24, 2.45) is 5.92 Å². The number of thiazole rings is 1. The molecule has 3 heterocycles. The highest BCUT2D eigenvalue weighted by Gasteiger charge is 2.28. The van der Waals surface area contributed by atoms with E-state index in [-0.39, 0.29) is 17.6 Å². The van der Waals surface area contributed by atoms with Crippen LogP contribution >= 0.6 is 11.3 Å². The van der Waals surface area contributed by atoms with E-state index in [1.807, 2.05) is 23.6 Å². The van der Waals surface area contributed by atoms with E-state index < -0.39 is 10.0 Å². The first kappa shape index (κ1) is 21.9. The molecule has 8 nitrogen and oxygen atoms in total. The highest BCUT2D eigenvalue weighted by atomic mass is 32.2. The molecule has 0 unspecified atom stereocenters. The number of rotatable bonds is 5. The SMILES string of the molecule is C[C@@H]1CCCN(S(=O)(=O)c2ccc(C(=O)Nc3nc(-c4ccc5c(c4)OCO5)cs3)cc2)C1. The highest BCUT2D eigenvalue weighted by molar-refractivity contribution is 7.89. The maximum absolute atomic E-state index is 12.9. The lowest BCUT2D eigenvalue weighted by atomic mass is 10.0. The Morgan fingerprint density at radius 2 is 1.94 bits per heavy atom. The summed E-state index contributed by atoms with van der Waals surface area (Å²) in [6.07, 6.45) is 1.90. The van der Waals surface area contributed by atoms with Gasteiger partial charge in [0.15, 0.2) is 16.6 Å². The normalized spacial score (nSPS) is 18.3. The quantitative estimate of drug-likeness (QED) is 0.581. The first-order valence-electron chi connectivity index (χ1n) is 10.7. The van der Waals surface area contributed by atoms with Gasteiger partial charge in [-0.1, -0.05) is 6.92 Å². The fourth-order valence-electron chi connectivity index (χ4n) is 3.98. The molecular formula is C23H23N3O5S2. The third-order valence-electron chi connectivity index (χ3n) is 5.77.